The Morgan fingerprint density at radius 3 is 2.45 bits per heavy atom. The molecule has 0 aromatic heterocycles. The second-order valence-corrected chi connectivity index (χ2v) is 4.50. The Bertz CT molecular complexity index is 678. The van der Waals surface area contributed by atoms with E-state index in [2.05, 4.69) is 5.32 Å². The highest BCUT2D eigenvalue weighted by Crippen LogP contribution is 2.16. The molecule has 2 aromatic rings. The molecule has 112 valence electrons. The van der Waals surface area contributed by atoms with Crippen molar-refractivity contribution in [3.63, 3.8) is 0 Å². The normalized spacial score (nSPS) is 10.4. The molecule has 2 aromatic carbocycles. The summed E-state index contributed by atoms with van der Waals surface area (Å²) in [6.07, 6.45) is 3.14. The molecule has 0 aliphatic carbocycles. The van der Waals surface area contributed by atoms with Crippen LogP contribution in [0.25, 0.3) is 6.08 Å². The molecular weight excluding hydrogens is 278 g/mol. The summed E-state index contributed by atoms with van der Waals surface area (Å²) in [7, 11) is 0. The average Bonchev–Trinajstić information content (AvgIpc) is 2.54. The molecule has 0 heterocycles. The van der Waals surface area contributed by atoms with Crippen molar-refractivity contribution < 1.29 is 14.3 Å². The predicted octanol–water partition coefficient (Wildman–Crippen LogP) is 3.52. The number of hydrogen-bond donors (Lipinski definition) is 1. The minimum Gasteiger partial charge on any atom is -0.462 e. The Balaban J connectivity index is 2.09. The molecule has 0 saturated carbocycles. The SMILES string of the molecule is CCOC(=O)c1ccccc1NC(=O)C=Cc1ccccc1. The second-order valence-electron chi connectivity index (χ2n) is 4.50. The van der Waals surface area contributed by atoms with E-state index < -0.39 is 5.97 Å². The van der Waals surface area contributed by atoms with Crippen LogP contribution in [0.1, 0.15) is 22.8 Å². The minimum atomic E-state index is -0.453. The molecule has 1 N–H and O–H groups in total. The van der Waals surface area contributed by atoms with Gasteiger partial charge in [0.2, 0.25) is 5.91 Å². The minimum absolute atomic E-state index is 0.287. The number of para-hydroxylation sites is 1. The Labute approximate surface area is 129 Å². The van der Waals surface area contributed by atoms with Crippen molar-refractivity contribution in [2.45, 2.75) is 6.92 Å². The second kappa shape index (κ2) is 7.78. The standard InChI is InChI=1S/C18H17NO3/c1-2-22-18(21)15-10-6-7-11-16(15)19-17(20)13-12-14-8-4-3-5-9-14/h3-13H,2H2,1H3,(H,19,20). The van der Waals surface area contributed by atoms with E-state index in [0.29, 0.717) is 11.3 Å². The molecule has 0 fully saturated rings. The van der Waals surface area contributed by atoms with Crippen molar-refractivity contribution >= 4 is 23.6 Å². The zero-order valence-electron chi connectivity index (χ0n) is 12.3. The maximum Gasteiger partial charge on any atom is 0.340 e. The Kier molecular flexibility index (Phi) is 5.49. The molecule has 0 atom stereocenters. The topological polar surface area (TPSA) is 55.4 Å². The fourth-order valence-corrected chi connectivity index (χ4v) is 1.89. The number of ether oxygens (including phenoxy) is 1. The van der Waals surface area contributed by atoms with Crippen molar-refractivity contribution in [1.29, 1.82) is 0 Å². The van der Waals surface area contributed by atoms with Crippen molar-refractivity contribution in [2.24, 2.45) is 0 Å². The summed E-state index contributed by atoms with van der Waals surface area (Å²) in [6.45, 7) is 2.02. The number of esters is 1. The third kappa shape index (κ3) is 4.31. The van der Waals surface area contributed by atoms with Crippen LogP contribution in [0.3, 0.4) is 0 Å². The van der Waals surface area contributed by atoms with E-state index in [1.165, 1.54) is 6.08 Å². The lowest BCUT2D eigenvalue weighted by atomic mass is 10.1. The molecule has 1 amide bonds. The van der Waals surface area contributed by atoms with Crippen LogP contribution in [-0.4, -0.2) is 18.5 Å². The number of amides is 1. The van der Waals surface area contributed by atoms with E-state index in [1.807, 2.05) is 30.3 Å². The van der Waals surface area contributed by atoms with E-state index in [-0.39, 0.29) is 12.5 Å². The van der Waals surface area contributed by atoms with Gasteiger partial charge in [0.15, 0.2) is 0 Å². The van der Waals surface area contributed by atoms with Gasteiger partial charge < -0.3 is 10.1 Å². The highest BCUT2D eigenvalue weighted by atomic mass is 16.5. The Morgan fingerprint density at radius 2 is 1.73 bits per heavy atom. The summed E-state index contributed by atoms with van der Waals surface area (Å²) >= 11 is 0. The van der Waals surface area contributed by atoms with Crippen LogP contribution in [-0.2, 0) is 9.53 Å². The van der Waals surface area contributed by atoms with Crippen molar-refractivity contribution in [3.8, 4) is 0 Å². The fourth-order valence-electron chi connectivity index (χ4n) is 1.89. The summed E-state index contributed by atoms with van der Waals surface area (Å²) < 4.78 is 4.97. The first-order valence-corrected chi connectivity index (χ1v) is 7.01. The summed E-state index contributed by atoms with van der Waals surface area (Å²) in [5.74, 6) is -0.758. The maximum absolute atomic E-state index is 12.0. The van der Waals surface area contributed by atoms with Crippen molar-refractivity contribution in [2.75, 3.05) is 11.9 Å². The van der Waals surface area contributed by atoms with Crippen LogP contribution < -0.4 is 5.32 Å². The Morgan fingerprint density at radius 1 is 1.05 bits per heavy atom. The molecule has 22 heavy (non-hydrogen) atoms. The van der Waals surface area contributed by atoms with Gasteiger partial charge in [-0.1, -0.05) is 42.5 Å². The number of anilines is 1. The van der Waals surface area contributed by atoms with Crippen molar-refractivity contribution in [1.82, 2.24) is 0 Å². The van der Waals surface area contributed by atoms with Gasteiger partial charge in [0.25, 0.3) is 0 Å². The van der Waals surface area contributed by atoms with Crippen LogP contribution in [0, 0.1) is 0 Å². The van der Waals surface area contributed by atoms with Gasteiger partial charge in [-0.3, -0.25) is 4.79 Å². The summed E-state index contributed by atoms with van der Waals surface area (Å²) in [5, 5.41) is 2.69. The van der Waals surface area contributed by atoms with Crippen LogP contribution in [0.15, 0.2) is 60.7 Å². The van der Waals surface area contributed by atoms with Gasteiger partial charge in [0, 0.05) is 6.08 Å². The van der Waals surface area contributed by atoms with E-state index in [1.54, 1.807) is 37.3 Å². The molecule has 0 spiro atoms. The van der Waals surface area contributed by atoms with E-state index in [9.17, 15) is 9.59 Å². The third-order valence-electron chi connectivity index (χ3n) is 2.91. The summed E-state index contributed by atoms with van der Waals surface area (Å²) in [4.78, 5) is 23.8. The van der Waals surface area contributed by atoms with Crippen LogP contribution in [0.4, 0.5) is 5.69 Å². The first-order chi connectivity index (χ1) is 10.7. The summed E-state index contributed by atoms with van der Waals surface area (Å²) in [6, 6.07) is 16.3. The van der Waals surface area contributed by atoms with Gasteiger partial charge in [0.05, 0.1) is 17.9 Å². The fraction of sp³-hybridized carbons (Fsp3) is 0.111. The molecule has 0 bridgehead atoms. The molecular formula is C18H17NO3. The maximum atomic E-state index is 12.0. The molecule has 0 unspecified atom stereocenters. The van der Waals surface area contributed by atoms with E-state index in [4.69, 9.17) is 4.74 Å². The lowest BCUT2D eigenvalue weighted by Gasteiger charge is -2.08. The van der Waals surface area contributed by atoms with E-state index >= 15 is 0 Å². The predicted molar refractivity (Wildman–Crippen MR) is 86.5 cm³/mol. The molecule has 4 nitrogen and oxygen atoms in total. The van der Waals surface area contributed by atoms with Crippen LogP contribution >= 0.6 is 0 Å². The first kappa shape index (κ1) is 15.5. The molecule has 2 rings (SSSR count). The highest BCUT2D eigenvalue weighted by molar-refractivity contribution is 6.06. The summed E-state index contributed by atoms with van der Waals surface area (Å²) in [5.41, 5.74) is 1.70. The third-order valence-corrected chi connectivity index (χ3v) is 2.91. The lowest BCUT2D eigenvalue weighted by molar-refractivity contribution is -0.111. The first-order valence-electron chi connectivity index (χ1n) is 7.01. The largest absolute Gasteiger partial charge is 0.462 e. The Hall–Kier alpha value is -2.88. The number of benzene rings is 2. The number of nitrogens with one attached hydrogen (secondary N) is 1. The molecule has 0 aliphatic rings. The molecule has 0 aliphatic heterocycles. The van der Waals surface area contributed by atoms with Gasteiger partial charge in [-0.05, 0) is 30.7 Å². The van der Waals surface area contributed by atoms with Gasteiger partial charge in [0.1, 0.15) is 0 Å². The molecule has 0 saturated heterocycles. The zero-order chi connectivity index (χ0) is 15.8. The number of rotatable bonds is 5. The highest BCUT2D eigenvalue weighted by Gasteiger charge is 2.12. The van der Waals surface area contributed by atoms with Gasteiger partial charge in [-0.25, -0.2) is 4.79 Å². The van der Waals surface area contributed by atoms with Crippen LogP contribution in [0.2, 0.25) is 0 Å². The van der Waals surface area contributed by atoms with Crippen molar-refractivity contribution in [3.05, 3.63) is 71.8 Å². The molecule has 0 radical (unpaired) electrons. The quantitative estimate of drug-likeness (QED) is 0.678. The van der Waals surface area contributed by atoms with E-state index in [0.717, 1.165) is 5.56 Å². The monoisotopic (exact) mass is 295 g/mol. The smallest absolute Gasteiger partial charge is 0.340 e. The molecule has 4 heteroatoms. The number of hydrogen-bond acceptors (Lipinski definition) is 3. The number of carbonyl (C=O) groups is 2. The van der Waals surface area contributed by atoms with Gasteiger partial charge in [-0.15, -0.1) is 0 Å². The van der Waals surface area contributed by atoms with Crippen LogP contribution in [0.5, 0.6) is 0 Å². The number of carbonyl (C=O) groups excluding carboxylic acids is 2. The lowest BCUT2D eigenvalue weighted by Crippen LogP contribution is -2.13. The van der Waals surface area contributed by atoms with Gasteiger partial charge >= 0.3 is 5.97 Å². The van der Waals surface area contributed by atoms with Gasteiger partial charge in [-0.2, -0.15) is 0 Å². The zero-order valence-corrected chi connectivity index (χ0v) is 12.3. The average molecular weight is 295 g/mol.